The van der Waals surface area contributed by atoms with Gasteiger partial charge in [-0.3, -0.25) is 4.79 Å². The van der Waals surface area contributed by atoms with E-state index < -0.39 is 5.97 Å². The van der Waals surface area contributed by atoms with Crippen molar-refractivity contribution in [3.63, 3.8) is 0 Å². The number of aromatic nitrogens is 1. The zero-order valence-electron chi connectivity index (χ0n) is 12.5. The molecule has 1 saturated heterocycles. The van der Waals surface area contributed by atoms with E-state index in [-0.39, 0.29) is 24.1 Å². The average molecular weight is 336 g/mol. The van der Waals surface area contributed by atoms with Crippen LogP contribution in [0.1, 0.15) is 55.5 Å². The van der Waals surface area contributed by atoms with E-state index in [1.165, 1.54) is 23.6 Å². The maximum Gasteiger partial charge on any atom is 0.339 e. The van der Waals surface area contributed by atoms with E-state index >= 15 is 0 Å². The van der Waals surface area contributed by atoms with E-state index in [2.05, 4.69) is 10.3 Å². The third kappa shape index (κ3) is 3.43. The Morgan fingerprint density at radius 1 is 1.52 bits per heavy atom. The van der Waals surface area contributed by atoms with Crippen LogP contribution in [0.15, 0.2) is 16.7 Å². The molecule has 2 aromatic rings. The molecule has 0 aromatic carbocycles. The van der Waals surface area contributed by atoms with Crippen molar-refractivity contribution in [2.24, 2.45) is 0 Å². The van der Waals surface area contributed by atoms with Gasteiger partial charge in [0.25, 0.3) is 5.91 Å². The molecule has 0 bridgehead atoms. The maximum absolute atomic E-state index is 12.1. The molecule has 1 atom stereocenters. The monoisotopic (exact) mass is 336 g/mol. The van der Waals surface area contributed by atoms with E-state index in [4.69, 9.17) is 14.3 Å². The van der Waals surface area contributed by atoms with Crippen molar-refractivity contribution in [3.8, 4) is 0 Å². The maximum atomic E-state index is 12.1. The van der Waals surface area contributed by atoms with Crippen LogP contribution in [0.2, 0.25) is 0 Å². The third-order valence-electron chi connectivity index (χ3n) is 3.57. The van der Waals surface area contributed by atoms with Crippen LogP contribution < -0.4 is 5.32 Å². The lowest BCUT2D eigenvalue weighted by molar-refractivity contribution is 0.0694. The van der Waals surface area contributed by atoms with Gasteiger partial charge in [0, 0.05) is 6.61 Å². The van der Waals surface area contributed by atoms with Crippen LogP contribution in [0.5, 0.6) is 0 Å². The molecule has 1 fully saturated rings. The van der Waals surface area contributed by atoms with Crippen molar-refractivity contribution < 1.29 is 23.8 Å². The van der Waals surface area contributed by atoms with Crippen LogP contribution in [-0.2, 0) is 11.3 Å². The summed E-state index contributed by atoms with van der Waals surface area (Å²) in [7, 11) is 0. The van der Waals surface area contributed by atoms with Gasteiger partial charge in [-0.05, 0) is 25.8 Å². The van der Waals surface area contributed by atoms with Gasteiger partial charge >= 0.3 is 5.97 Å². The summed E-state index contributed by atoms with van der Waals surface area (Å²) in [6, 6.07) is 1.42. The van der Waals surface area contributed by atoms with Crippen molar-refractivity contribution in [3.05, 3.63) is 39.2 Å². The molecule has 1 aliphatic rings. The van der Waals surface area contributed by atoms with Gasteiger partial charge in [-0.2, -0.15) is 0 Å². The molecule has 0 saturated carbocycles. The topological polar surface area (TPSA) is 102 Å². The molecular formula is C15H16N2O5S. The number of thiazole rings is 1. The molecule has 7 nitrogen and oxygen atoms in total. The number of carbonyl (C=O) groups excluding carboxylic acids is 1. The highest BCUT2D eigenvalue weighted by Crippen LogP contribution is 2.31. The normalized spacial score (nSPS) is 17.3. The largest absolute Gasteiger partial charge is 0.478 e. The highest BCUT2D eigenvalue weighted by molar-refractivity contribution is 7.13. The SMILES string of the molecule is Cc1oc(CNC(=O)c2cnc(C3CCCO3)s2)cc1C(=O)O. The minimum atomic E-state index is -1.05. The molecule has 23 heavy (non-hydrogen) atoms. The fourth-order valence-corrected chi connectivity index (χ4v) is 3.33. The number of nitrogens with zero attached hydrogens (tertiary/aromatic N) is 1. The Hall–Kier alpha value is -2.19. The van der Waals surface area contributed by atoms with Gasteiger partial charge in [-0.25, -0.2) is 9.78 Å². The van der Waals surface area contributed by atoms with Crippen molar-refractivity contribution >= 4 is 23.2 Å². The first-order chi connectivity index (χ1) is 11.0. The minimum absolute atomic E-state index is 0.00704. The number of aryl methyl sites for hydroxylation is 1. The van der Waals surface area contributed by atoms with E-state index in [1.807, 2.05) is 0 Å². The molecule has 3 rings (SSSR count). The van der Waals surface area contributed by atoms with E-state index in [0.29, 0.717) is 16.4 Å². The summed E-state index contributed by atoms with van der Waals surface area (Å²) in [6.45, 7) is 2.43. The molecule has 2 N–H and O–H groups in total. The molecule has 1 amide bonds. The summed E-state index contributed by atoms with van der Waals surface area (Å²) in [5.74, 6) is -0.595. The summed E-state index contributed by atoms with van der Waals surface area (Å²) in [6.07, 6.45) is 3.47. The second-order valence-corrected chi connectivity index (χ2v) is 6.30. The summed E-state index contributed by atoms with van der Waals surface area (Å²) >= 11 is 1.31. The van der Waals surface area contributed by atoms with Crippen molar-refractivity contribution in [2.45, 2.75) is 32.4 Å². The Balaban J connectivity index is 1.61. The number of hydrogen-bond acceptors (Lipinski definition) is 6. The van der Waals surface area contributed by atoms with Crippen LogP contribution in [0, 0.1) is 6.92 Å². The van der Waals surface area contributed by atoms with Gasteiger partial charge in [0.1, 0.15) is 33.1 Å². The number of amides is 1. The molecule has 1 unspecified atom stereocenters. The molecule has 8 heteroatoms. The molecular weight excluding hydrogens is 320 g/mol. The standard InChI is InChI=1S/C15H16N2O5S/c1-8-10(15(19)20)5-9(22-8)6-16-13(18)12-7-17-14(23-12)11-3-2-4-21-11/h5,7,11H,2-4,6H2,1H3,(H,16,18)(H,19,20). The average Bonchev–Trinajstić information content (AvgIpc) is 3.24. The predicted octanol–water partition coefficient (Wildman–Crippen LogP) is 2.52. The second-order valence-electron chi connectivity index (χ2n) is 5.23. The van der Waals surface area contributed by atoms with E-state index in [0.717, 1.165) is 24.5 Å². The van der Waals surface area contributed by atoms with Gasteiger partial charge in [-0.1, -0.05) is 0 Å². The van der Waals surface area contributed by atoms with Crippen LogP contribution in [0.4, 0.5) is 0 Å². The first kappa shape index (κ1) is 15.7. The van der Waals surface area contributed by atoms with Crippen molar-refractivity contribution in [2.75, 3.05) is 6.61 Å². The Kier molecular flexibility index (Phi) is 4.44. The number of hydrogen-bond donors (Lipinski definition) is 2. The Bertz CT molecular complexity index is 730. The summed E-state index contributed by atoms with van der Waals surface area (Å²) in [5.41, 5.74) is 0.104. The second kappa shape index (κ2) is 6.51. The smallest absolute Gasteiger partial charge is 0.339 e. The third-order valence-corrected chi connectivity index (χ3v) is 4.66. The number of carbonyl (C=O) groups is 2. The number of furan rings is 1. The number of rotatable bonds is 5. The fourth-order valence-electron chi connectivity index (χ4n) is 2.41. The first-order valence-electron chi connectivity index (χ1n) is 7.22. The molecule has 2 aromatic heterocycles. The predicted molar refractivity (Wildman–Crippen MR) is 81.6 cm³/mol. The lowest BCUT2D eigenvalue weighted by Crippen LogP contribution is -2.21. The lowest BCUT2D eigenvalue weighted by Gasteiger charge is -2.03. The van der Waals surface area contributed by atoms with E-state index in [1.54, 1.807) is 6.92 Å². The minimum Gasteiger partial charge on any atom is -0.478 e. The molecule has 122 valence electrons. The fraction of sp³-hybridized carbons (Fsp3) is 0.400. The molecule has 1 aliphatic heterocycles. The van der Waals surface area contributed by atoms with Gasteiger partial charge < -0.3 is 19.6 Å². The zero-order valence-corrected chi connectivity index (χ0v) is 13.3. The summed E-state index contributed by atoms with van der Waals surface area (Å²) in [5, 5.41) is 12.5. The highest BCUT2D eigenvalue weighted by atomic mass is 32.1. The first-order valence-corrected chi connectivity index (χ1v) is 8.04. The molecule has 3 heterocycles. The van der Waals surface area contributed by atoms with Gasteiger partial charge in [-0.15, -0.1) is 11.3 Å². The highest BCUT2D eigenvalue weighted by Gasteiger charge is 2.22. The van der Waals surface area contributed by atoms with Crippen molar-refractivity contribution in [1.82, 2.24) is 10.3 Å². The van der Waals surface area contributed by atoms with E-state index in [9.17, 15) is 9.59 Å². The van der Waals surface area contributed by atoms with Gasteiger partial charge in [0.2, 0.25) is 0 Å². The molecule has 0 spiro atoms. The summed E-state index contributed by atoms with van der Waals surface area (Å²) < 4.78 is 10.9. The lowest BCUT2D eigenvalue weighted by atomic mass is 10.2. The Morgan fingerprint density at radius 2 is 2.35 bits per heavy atom. The Labute approximate surface area is 136 Å². The zero-order chi connectivity index (χ0) is 16.4. The van der Waals surface area contributed by atoms with Crippen LogP contribution in [-0.4, -0.2) is 28.6 Å². The number of aromatic carboxylic acids is 1. The van der Waals surface area contributed by atoms with Gasteiger partial charge in [0.15, 0.2) is 0 Å². The quantitative estimate of drug-likeness (QED) is 0.870. The molecule has 0 aliphatic carbocycles. The van der Waals surface area contributed by atoms with Crippen molar-refractivity contribution in [1.29, 1.82) is 0 Å². The van der Waals surface area contributed by atoms with Gasteiger partial charge in [0.05, 0.1) is 12.7 Å². The number of carboxylic acid groups (broad SMARTS) is 1. The van der Waals surface area contributed by atoms with Crippen LogP contribution >= 0.6 is 11.3 Å². The Morgan fingerprint density at radius 3 is 3.00 bits per heavy atom. The number of carboxylic acids is 1. The number of ether oxygens (including phenoxy) is 1. The molecule has 0 radical (unpaired) electrons. The summed E-state index contributed by atoms with van der Waals surface area (Å²) in [4.78, 5) is 27.8. The van der Waals surface area contributed by atoms with Crippen LogP contribution in [0.3, 0.4) is 0 Å². The van der Waals surface area contributed by atoms with Crippen LogP contribution in [0.25, 0.3) is 0 Å². The number of nitrogens with one attached hydrogen (secondary N) is 1.